The molecule has 0 unspecified atom stereocenters. The van der Waals surface area contributed by atoms with Gasteiger partial charge in [-0.15, -0.1) is 0 Å². The van der Waals surface area contributed by atoms with Crippen molar-refractivity contribution in [2.24, 2.45) is 0 Å². The first-order valence-electron chi connectivity index (χ1n) is 7.67. The van der Waals surface area contributed by atoms with E-state index in [1.807, 2.05) is 0 Å². The Kier molecular flexibility index (Phi) is 5.41. The van der Waals surface area contributed by atoms with E-state index in [4.69, 9.17) is 0 Å². The van der Waals surface area contributed by atoms with E-state index >= 15 is 0 Å². The van der Waals surface area contributed by atoms with Gasteiger partial charge in [0, 0.05) is 24.7 Å². The van der Waals surface area contributed by atoms with Crippen molar-refractivity contribution in [3.63, 3.8) is 0 Å². The van der Waals surface area contributed by atoms with Gasteiger partial charge in [-0.25, -0.2) is 0 Å². The normalized spacial score (nSPS) is 24.1. The van der Waals surface area contributed by atoms with Gasteiger partial charge < -0.3 is 5.32 Å². The lowest BCUT2D eigenvalue weighted by Crippen LogP contribution is -2.44. The van der Waals surface area contributed by atoms with Crippen LogP contribution in [0.15, 0.2) is 30.3 Å². The molecule has 0 bridgehead atoms. The second-order valence-electron chi connectivity index (χ2n) is 6.05. The highest BCUT2D eigenvalue weighted by Crippen LogP contribution is 2.26. The van der Waals surface area contributed by atoms with Crippen molar-refractivity contribution >= 4 is 0 Å². The van der Waals surface area contributed by atoms with Crippen LogP contribution in [0.25, 0.3) is 0 Å². The maximum atomic E-state index is 3.42. The molecule has 2 rings (SSSR count). The van der Waals surface area contributed by atoms with E-state index in [0.717, 1.165) is 18.6 Å². The molecule has 2 nitrogen and oxygen atoms in total. The van der Waals surface area contributed by atoms with Crippen LogP contribution in [0.5, 0.6) is 0 Å². The van der Waals surface area contributed by atoms with Crippen molar-refractivity contribution in [3.05, 3.63) is 35.9 Å². The molecule has 1 saturated carbocycles. The van der Waals surface area contributed by atoms with E-state index in [1.54, 1.807) is 0 Å². The number of nitrogens with zero attached hydrogens (tertiary/aromatic N) is 1. The molecule has 19 heavy (non-hydrogen) atoms. The summed E-state index contributed by atoms with van der Waals surface area (Å²) in [5.41, 5.74) is 1.44. The summed E-state index contributed by atoms with van der Waals surface area (Å²) in [6.45, 7) is 5.74. The number of hydrogen-bond acceptors (Lipinski definition) is 2. The van der Waals surface area contributed by atoms with Crippen LogP contribution in [0.2, 0.25) is 0 Å². The van der Waals surface area contributed by atoms with E-state index in [2.05, 4.69) is 61.4 Å². The van der Waals surface area contributed by atoms with Crippen molar-refractivity contribution < 1.29 is 0 Å². The highest BCUT2D eigenvalue weighted by atomic mass is 15.2. The van der Waals surface area contributed by atoms with Crippen LogP contribution in [-0.2, 0) is 6.54 Å². The summed E-state index contributed by atoms with van der Waals surface area (Å²) < 4.78 is 0. The minimum absolute atomic E-state index is 0.622. The second-order valence-corrected chi connectivity index (χ2v) is 6.05. The quantitative estimate of drug-likeness (QED) is 0.872. The molecule has 2 heteroatoms. The predicted octanol–water partition coefficient (Wildman–Crippen LogP) is 3.43. The lowest BCUT2D eigenvalue weighted by molar-refractivity contribution is 0.104. The highest BCUT2D eigenvalue weighted by molar-refractivity contribution is 5.14. The Bertz CT molecular complexity index is 353. The summed E-state index contributed by atoms with van der Waals surface area (Å²) in [4.78, 5) is 2.68. The van der Waals surface area contributed by atoms with Crippen molar-refractivity contribution in [3.8, 4) is 0 Å². The topological polar surface area (TPSA) is 15.3 Å². The molecule has 1 fully saturated rings. The van der Waals surface area contributed by atoms with E-state index in [9.17, 15) is 0 Å². The zero-order chi connectivity index (χ0) is 13.7. The summed E-state index contributed by atoms with van der Waals surface area (Å²) in [6, 6.07) is 13.0. The van der Waals surface area contributed by atoms with E-state index < -0.39 is 0 Å². The number of nitrogens with one attached hydrogen (secondary N) is 1. The van der Waals surface area contributed by atoms with Gasteiger partial charge in [-0.1, -0.05) is 30.3 Å². The third-order valence-corrected chi connectivity index (χ3v) is 4.45. The summed E-state index contributed by atoms with van der Waals surface area (Å²) in [5.74, 6) is 0. The lowest BCUT2D eigenvalue weighted by atomic mass is 9.89. The Hall–Kier alpha value is -0.860. The molecule has 1 aliphatic carbocycles. The molecule has 0 radical (unpaired) electrons. The minimum Gasteiger partial charge on any atom is -0.317 e. The molecular weight excluding hydrogens is 232 g/mol. The fourth-order valence-corrected chi connectivity index (χ4v) is 3.22. The SMILES string of the molecule is CNC1CCC(N(Cc2ccccc2)C(C)C)CC1. The first kappa shape index (κ1) is 14.5. The summed E-state index contributed by atoms with van der Waals surface area (Å²) >= 11 is 0. The smallest absolute Gasteiger partial charge is 0.0239 e. The van der Waals surface area contributed by atoms with E-state index in [0.29, 0.717) is 6.04 Å². The third kappa shape index (κ3) is 4.05. The number of benzene rings is 1. The van der Waals surface area contributed by atoms with Gasteiger partial charge in [0.25, 0.3) is 0 Å². The summed E-state index contributed by atoms with van der Waals surface area (Å²) in [5, 5.41) is 3.42. The first-order chi connectivity index (χ1) is 9.20. The fourth-order valence-electron chi connectivity index (χ4n) is 3.22. The zero-order valence-electron chi connectivity index (χ0n) is 12.6. The molecule has 0 atom stereocenters. The van der Waals surface area contributed by atoms with Gasteiger partial charge in [-0.05, 0) is 52.1 Å². The van der Waals surface area contributed by atoms with Crippen LogP contribution < -0.4 is 5.32 Å². The average Bonchev–Trinajstić information content (AvgIpc) is 2.46. The van der Waals surface area contributed by atoms with Crippen LogP contribution in [0.3, 0.4) is 0 Å². The molecule has 0 aromatic heterocycles. The zero-order valence-corrected chi connectivity index (χ0v) is 12.6. The molecule has 1 aliphatic rings. The average molecular weight is 260 g/mol. The molecule has 0 aliphatic heterocycles. The Balaban J connectivity index is 1.97. The van der Waals surface area contributed by atoms with Gasteiger partial charge in [0.2, 0.25) is 0 Å². The number of rotatable bonds is 5. The standard InChI is InChI=1S/C17H28N2/c1-14(2)19(13-15-7-5-4-6-8-15)17-11-9-16(18-3)10-12-17/h4-8,14,16-18H,9-13H2,1-3H3. The molecular formula is C17H28N2. The van der Waals surface area contributed by atoms with Crippen molar-refractivity contribution in [2.75, 3.05) is 7.05 Å². The van der Waals surface area contributed by atoms with Crippen molar-refractivity contribution in [1.82, 2.24) is 10.2 Å². The Labute approximate surface area is 118 Å². The lowest BCUT2D eigenvalue weighted by Gasteiger charge is -2.39. The van der Waals surface area contributed by atoms with Gasteiger partial charge in [-0.2, -0.15) is 0 Å². The predicted molar refractivity (Wildman–Crippen MR) is 82.2 cm³/mol. The Morgan fingerprint density at radius 2 is 1.74 bits per heavy atom. The molecule has 106 valence electrons. The molecule has 0 heterocycles. The molecule has 1 aromatic rings. The maximum absolute atomic E-state index is 3.42. The van der Waals surface area contributed by atoms with E-state index in [-0.39, 0.29) is 0 Å². The van der Waals surface area contributed by atoms with Crippen molar-refractivity contribution in [1.29, 1.82) is 0 Å². The molecule has 0 spiro atoms. The molecule has 1 aromatic carbocycles. The Morgan fingerprint density at radius 3 is 2.26 bits per heavy atom. The van der Waals surface area contributed by atoms with Gasteiger partial charge >= 0.3 is 0 Å². The van der Waals surface area contributed by atoms with Crippen LogP contribution in [0, 0.1) is 0 Å². The van der Waals surface area contributed by atoms with Crippen LogP contribution >= 0.6 is 0 Å². The third-order valence-electron chi connectivity index (χ3n) is 4.45. The fraction of sp³-hybridized carbons (Fsp3) is 0.647. The van der Waals surface area contributed by atoms with Crippen LogP contribution in [-0.4, -0.2) is 30.1 Å². The monoisotopic (exact) mass is 260 g/mol. The summed E-state index contributed by atoms with van der Waals surface area (Å²) in [7, 11) is 2.09. The summed E-state index contributed by atoms with van der Waals surface area (Å²) in [6.07, 6.45) is 5.30. The maximum Gasteiger partial charge on any atom is 0.0239 e. The van der Waals surface area contributed by atoms with Gasteiger partial charge in [0.05, 0.1) is 0 Å². The van der Waals surface area contributed by atoms with Gasteiger partial charge in [-0.3, -0.25) is 4.90 Å². The molecule has 1 N–H and O–H groups in total. The van der Waals surface area contributed by atoms with Crippen molar-refractivity contribution in [2.45, 2.75) is 64.2 Å². The molecule has 0 saturated heterocycles. The largest absolute Gasteiger partial charge is 0.317 e. The minimum atomic E-state index is 0.622. The second kappa shape index (κ2) is 7.06. The molecule has 0 amide bonds. The van der Waals surface area contributed by atoms with E-state index in [1.165, 1.54) is 31.2 Å². The van der Waals surface area contributed by atoms with Crippen LogP contribution in [0.1, 0.15) is 45.1 Å². The van der Waals surface area contributed by atoms with Gasteiger partial charge in [0.15, 0.2) is 0 Å². The first-order valence-corrected chi connectivity index (χ1v) is 7.67. The Morgan fingerprint density at radius 1 is 1.11 bits per heavy atom. The van der Waals surface area contributed by atoms with Crippen LogP contribution in [0.4, 0.5) is 0 Å². The number of hydrogen-bond donors (Lipinski definition) is 1. The highest BCUT2D eigenvalue weighted by Gasteiger charge is 2.26. The van der Waals surface area contributed by atoms with Gasteiger partial charge in [0.1, 0.15) is 0 Å².